The molecule has 5 heteroatoms. The molecule has 2 bridgehead atoms. The Hall–Kier alpha value is -1.36. The van der Waals surface area contributed by atoms with Crippen LogP contribution in [0.25, 0.3) is 0 Å². The molecule has 7 atom stereocenters. The van der Waals surface area contributed by atoms with E-state index in [9.17, 15) is 19.8 Å². The molecule has 2 saturated carbocycles. The van der Waals surface area contributed by atoms with Crippen molar-refractivity contribution in [2.24, 2.45) is 35.0 Å². The smallest absolute Gasteiger partial charge is 0.313 e. The zero-order valence-corrected chi connectivity index (χ0v) is 12.6. The Morgan fingerprint density at radius 2 is 2.00 bits per heavy atom. The molecule has 0 aromatic heterocycles. The van der Waals surface area contributed by atoms with Crippen LogP contribution in [-0.2, 0) is 9.59 Å². The zero-order valence-electron chi connectivity index (χ0n) is 12.6. The second-order valence-electron chi connectivity index (χ2n) is 7.73. The standard InChI is InChI=1S/C17H23NO4/c19-15(20)12-2-1-10-7-17(16(21)22,4-3-11(10)12)13-5-9-6-14(13)18-8-9/h3-4,9-14,18H,1-2,5-8H2,(H,19,20)(H,21,22). The molecular weight excluding hydrogens is 282 g/mol. The van der Waals surface area contributed by atoms with Gasteiger partial charge in [0.15, 0.2) is 0 Å². The van der Waals surface area contributed by atoms with Gasteiger partial charge in [0.05, 0.1) is 11.3 Å². The highest BCUT2D eigenvalue weighted by Gasteiger charge is 2.57. The predicted molar refractivity (Wildman–Crippen MR) is 79.2 cm³/mol. The lowest BCUT2D eigenvalue weighted by molar-refractivity contribution is -0.151. The van der Waals surface area contributed by atoms with Crippen molar-refractivity contribution in [3.05, 3.63) is 12.2 Å². The lowest BCUT2D eigenvalue weighted by Gasteiger charge is -2.43. The van der Waals surface area contributed by atoms with Gasteiger partial charge in [-0.05, 0) is 62.3 Å². The van der Waals surface area contributed by atoms with Crippen LogP contribution in [0.4, 0.5) is 0 Å². The van der Waals surface area contributed by atoms with E-state index in [0.717, 1.165) is 25.8 Å². The summed E-state index contributed by atoms with van der Waals surface area (Å²) in [5.74, 6) is -0.775. The van der Waals surface area contributed by atoms with Gasteiger partial charge >= 0.3 is 11.9 Å². The minimum Gasteiger partial charge on any atom is -0.481 e. The topological polar surface area (TPSA) is 86.6 Å². The number of carboxylic acid groups (broad SMARTS) is 2. The first kappa shape index (κ1) is 14.2. The Morgan fingerprint density at radius 3 is 2.59 bits per heavy atom. The summed E-state index contributed by atoms with van der Waals surface area (Å²) in [6.45, 7) is 1.02. The maximum absolute atomic E-state index is 12.1. The maximum atomic E-state index is 12.1. The number of fused-ring (bicyclic) bond motifs is 3. The van der Waals surface area contributed by atoms with E-state index >= 15 is 0 Å². The molecule has 1 saturated heterocycles. The van der Waals surface area contributed by atoms with E-state index in [-0.39, 0.29) is 23.7 Å². The van der Waals surface area contributed by atoms with Crippen LogP contribution in [0.3, 0.4) is 0 Å². The average molecular weight is 305 g/mol. The summed E-state index contributed by atoms with van der Waals surface area (Å²) in [4.78, 5) is 23.5. The highest BCUT2D eigenvalue weighted by Crippen LogP contribution is 2.56. The summed E-state index contributed by atoms with van der Waals surface area (Å²) in [5, 5.41) is 22.8. The van der Waals surface area contributed by atoms with Crippen molar-refractivity contribution in [3.63, 3.8) is 0 Å². The van der Waals surface area contributed by atoms with Crippen molar-refractivity contribution >= 4 is 11.9 Å². The van der Waals surface area contributed by atoms with E-state index in [1.54, 1.807) is 0 Å². The second-order valence-corrected chi connectivity index (χ2v) is 7.73. The van der Waals surface area contributed by atoms with Crippen molar-refractivity contribution < 1.29 is 19.8 Å². The molecule has 1 aliphatic heterocycles. The highest BCUT2D eigenvalue weighted by molar-refractivity contribution is 5.79. The van der Waals surface area contributed by atoms with Gasteiger partial charge in [-0.15, -0.1) is 0 Å². The normalized spacial score (nSPS) is 49.3. The average Bonchev–Trinajstić information content (AvgIpc) is 3.20. The fraction of sp³-hybridized carbons (Fsp3) is 0.765. The van der Waals surface area contributed by atoms with E-state index in [1.807, 2.05) is 12.2 Å². The molecular formula is C17H23NO4. The van der Waals surface area contributed by atoms with E-state index in [1.165, 1.54) is 0 Å². The van der Waals surface area contributed by atoms with Crippen LogP contribution >= 0.6 is 0 Å². The highest BCUT2D eigenvalue weighted by atomic mass is 16.4. The van der Waals surface area contributed by atoms with Gasteiger partial charge in [-0.3, -0.25) is 9.59 Å². The third-order valence-corrected chi connectivity index (χ3v) is 6.78. The summed E-state index contributed by atoms with van der Waals surface area (Å²) in [5.41, 5.74) is -0.790. The molecule has 5 nitrogen and oxygen atoms in total. The van der Waals surface area contributed by atoms with Crippen LogP contribution in [0.5, 0.6) is 0 Å². The van der Waals surface area contributed by atoms with Crippen molar-refractivity contribution in [3.8, 4) is 0 Å². The first-order chi connectivity index (χ1) is 10.5. The molecule has 120 valence electrons. The fourth-order valence-corrected chi connectivity index (χ4v) is 5.72. The van der Waals surface area contributed by atoms with Gasteiger partial charge in [-0.25, -0.2) is 0 Å². The number of allylic oxidation sites excluding steroid dienone is 1. The van der Waals surface area contributed by atoms with Gasteiger partial charge in [0.1, 0.15) is 0 Å². The molecule has 0 amide bonds. The minimum atomic E-state index is -0.790. The Labute approximate surface area is 129 Å². The number of rotatable bonds is 3. The summed E-state index contributed by atoms with van der Waals surface area (Å²) >= 11 is 0. The number of piperidine rings is 1. The molecule has 3 fully saturated rings. The molecule has 0 aromatic rings. The van der Waals surface area contributed by atoms with Crippen LogP contribution in [0.15, 0.2) is 12.2 Å². The van der Waals surface area contributed by atoms with E-state index in [4.69, 9.17) is 0 Å². The number of hydrogen-bond acceptors (Lipinski definition) is 3. The molecule has 4 rings (SSSR count). The van der Waals surface area contributed by atoms with Gasteiger partial charge < -0.3 is 15.5 Å². The Balaban J connectivity index is 1.65. The van der Waals surface area contributed by atoms with Gasteiger partial charge in [0, 0.05) is 6.04 Å². The molecule has 0 spiro atoms. The van der Waals surface area contributed by atoms with E-state index < -0.39 is 17.4 Å². The molecule has 3 aliphatic carbocycles. The summed E-state index contributed by atoms with van der Waals surface area (Å²) in [6, 6.07) is 0.318. The molecule has 0 aromatic carbocycles. The van der Waals surface area contributed by atoms with Gasteiger partial charge in [-0.2, -0.15) is 0 Å². The first-order valence-corrected chi connectivity index (χ1v) is 8.40. The summed E-state index contributed by atoms with van der Waals surface area (Å²) in [6.07, 6.45) is 8.02. The zero-order chi connectivity index (χ0) is 15.5. The van der Waals surface area contributed by atoms with Gasteiger partial charge in [0.25, 0.3) is 0 Å². The number of hydrogen-bond donors (Lipinski definition) is 3. The maximum Gasteiger partial charge on any atom is 0.313 e. The van der Waals surface area contributed by atoms with Crippen molar-refractivity contribution in [1.29, 1.82) is 0 Å². The molecule has 7 unspecified atom stereocenters. The van der Waals surface area contributed by atoms with Gasteiger partial charge in [0.2, 0.25) is 0 Å². The van der Waals surface area contributed by atoms with Crippen molar-refractivity contribution in [1.82, 2.24) is 5.32 Å². The number of nitrogens with one attached hydrogen (secondary N) is 1. The molecule has 4 aliphatic rings. The fourth-order valence-electron chi connectivity index (χ4n) is 5.72. The number of carbonyl (C=O) groups is 2. The predicted octanol–water partition coefficient (Wildman–Crippen LogP) is 1.74. The van der Waals surface area contributed by atoms with Crippen LogP contribution in [-0.4, -0.2) is 34.7 Å². The van der Waals surface area contributed by atoms with Gasteiger partial charge in [-0.1, -0.05) is 12.2 Å². The first-order valence-electron chi connectivity index (χ1n) is 8.40. The van der Waals surface area contributed by atoms with Crippen LogP contribution in [0.2, 0.25) is 0 Å². The Morgan fingerprint density at radius 1 is 1.18 bits per heavy atom. The Kier molecular flexibility index (Phi) is 3.12. The summed E-state index contributed by atoms with van der Waals surface area (Å²) in [7, 11) is 0. The van der Waals surface area contributed by atoms with Crippen molar-refractivity contribution in [2.75, 3.05) is 6.54 Å². The lowest BCUT2D eigenvalue weighted by Crippen LogP contribution is -2.49. The molecule has 0 radical (unpaired) electrons. The third kappa shape index (κ3) is 1.87. The monoisotopic (exact) mass is 305 g/mol. The van der Waals surface area contributed by atoms with Crippen molar-refractivity contribution in [2.45, 2.75) is 38.1 Å². The minimum absolute atomic E-state index is 0.0246. The Bertz CT molecular complexity index is 545. The van der Waals surface area contributed by atoms with Crippen LogP contribution < -0.4 is 5.32 Å². The molecule has 22 heavy (non-hydrogen) atoms. The third-order valence-electron chi connectivity index (χ3n) is 6.78. The van der Waals surface area contributed by atoms with Crippen LogP contribution in [0, 0.1) is 35.0 Å². The SMILES string of the molecule is O=C(O)C1CCC2CC(C(=O)O)(C3CC4CNC3C4)C=CC21. The summed E-state index contributed by atoms with van der Waals surface area (Å²) < 4.78 is 0. The van der Waals surface area contributed by atoms with E-state index in [0.29, 0.717) is 24.8 Å². The number of carboxylic acids is 2. The lowest BCUT2D eigenvalue weighted by atomic mass is 9.62. The number of aliphatic carboxylic acids is 2. The largest absolute Gasteiger partial charge is 0.481 e. The second kappa shape index (κ2) is 4.82. The molecule has 3 N–H and O–H groups in total. The van der Waals surface area contributed by atoms with Crippen LogP contribution in [0.1, 0.15) is 32.1 Å². The molecule has 1 heterocycles. The quantitative estimate of drug-likeness (QED) is 0.691. The van der Waals surface area contributed by atoms with E-state index in [2.05, 4.69) is 5.32 Å².